The summed E-state index contributed by atoms with van der Waals surface area (Å²) in [4.78, 5) is 38.1. The highest BCUT2D eigenvalue weighted by Gasteiger charge is 2.67. The number of ether oxygens (including phenoxy) is 4. The van der Waals surface area contributed by atoms with E-state index >= 15 is 0 Å². The molecule has 0 saturated heterocycles. The maximum absolute atomic E-state index is 12.9. The summed E-state index contributed by atoms with van der Waals surface area (Å²) in [5.41, 5.74) is -1.17. The molecule has 7 nitrogen and oxygen atoms in total. The lowest BCUT2D eigenvalue weighted by Gasteiger charge is -2.15. The van der Waals surface area contributed by atoms with Gasteiger partial charge >= 0.3 is 17.9 Å². The summed E-state index contributed by atoms with van der Waals surface area (Å²) in [6.45, 7) is 3.70. The van der Waals surface area contributed by atoms with Crippen LogP contribution >= 0.6 is 0 Å². The molecule has 3 aromatic carbocycles. The van der Waals surface area contributed by atoms with Gasteiger partial charge in [0.1, 0.15) is 23.0 Å². The predicted molar refractivity (Wildman–Crippen MR) is 123 cm³/mol. The van der Waals surface area contributed by atoms with E-state index < -0.39 is 23.3 Å². The van der Waals surface area contributed by atoms with Crippen molar-refractivity contribution in [1.29, 1.82) is 0 Å². The molecule has 172 valence electrons. The second kappa shape index (κ2) is 9.62. The van der Waals surface area contributed by atoms with Gasteiger partial charge in [0.05, 0.1) is 12.7 Å². The number of benzene rings is 3. The molecule has 1 saturated carbocycles. The molecule has 7 heteroatoms. The van der Waals surface area contributed by atoms with E-state index in [1.165, 1.54) is 24.3 Å². The summed E-state index contributed by atoms with van der Waals surface area (Å²) in [6.07, 6.45) is 1.80. The van der Waals surface area contributed by atoms with Crippen LogP contribution in [0.1, 0.15) is 16.8 Å². The van der Waals surface area contributed by atoms with Crippen LogP contribution in [0.15, 0.2) is 91.5 Å². The standard InChI is InChI=1S/C27H22O7/c1-3-19-17-27(19,25(29)33-21-7-5-4-6-8-21)26(30)34-23-11-9-18(10-12-23)24(28)32-22-15-13-20(31-2)14-16-22/h3-16,19H,1,17H2,2H3. The van der Waals surface area contributed by atoms with E-state index in [9.17, 15) is 14.4 Å². The highest BCUT2D eigenvalue weighted by molar-refractivity contribution is 6.05. The number of carbonyl (C=O) groups is 3. The van der Waals surface area contributed by atoms with Crippen LogP contribution in [-0.2, 0) is 9.59 Å². The number of esters is 3. The molecule has 4 rings (SSSR count). The summed E-state index contributed by atoms with van der Waals surface area (Å²) in [6, 6.07) is 21.0. The molecule has 2 atom stereocenters. The van der Waals surface area contributed by atoms with Crippen molar-refractivity contribution in [3.8, 4) is 23.0 Å². The molecule has 1 aliphatic rings. The zero-order valence-corrected chi connectivity index (χ0v) is 18.4. The van der Waals surface area contributed by atoms with Crippen LogP contribution < -0.4 is 18.9 Å². The Morgan fingerprint density at radius 2 is 1.26 bits per heavy atom. The number of hydrogen-bond acceptors (Lipinski definition) is 7. The maximum atomic E-state index is 12.9. The van der Waals surface area contributed by atoms with Crippen LogP contribution in [-0.4, -0.2) is 25.0 Å². The Bertz CT molecular complexity index is 1200. The molecule has 34 heavy (non-hydrogen) atoms. The van der Waals surface area contributed by atoms with E-state index in [-0.39, 0.29) is 23.7 Å². The van der Waals surface area contributed by atoms with E-state index in [0.717, 1.165) is 0 Å². The predicted octanol–water partition coefficient (Wildman–Crippen LogP) is 4.62. The van der Waals surface area contributed by atoms with E-state index in [4.69, 9.17) is 18.9 Å². The van der Waals surface area contributed by atoms with Crippen molar-refractivity contribution in [2.24, 2.45) is 11.3 Å². The summed E-state index contributed by atoms with van der Waals surface area (Å²) in [7, 11) is 1.55. The first-order valence-corrected chi connectivity index (χ1v) is 10.5. The van der Waals surface area contributed by atoms with E-state index in [1.807, 2.05) is 0 Å². The summed E-state index contributed by atoms with van der Waals surface area (Å²) in [5.74, 6) is -0.827. The van der Waals surface area contributed by atoms with Crippen LogP contribution in [0.5, 0.6) is 23.0 Å². The van der Waals surface area contributed by atoms with Gasteiger partial charge < -0.3 is 18.9 Å². The Balaban J connectivity index is 1.41. The molecule has 0 aliphatic heterocycles. The Hall–Kier alpha value is -4.39. The van der Waals surface area contributed by atoms with Crippen LogP contribution in [0.4, 0.5) is 0 Å². The van der Waals surface area contributed by atoms with Crippen LogP contribution in [0, 0.1) is 11.3 Å². The molecule has 3 aromatic rings. The van der Waals surface area contributed by atoms with Gasteiger partial charge in [-0.2, -0.15) is 0 Å². The van der Waals surface area contributed by atoms with Crippen LogP contribution in [0.2, 0.25) is 0 Å². The number of carbonyl (C=O) groups excluding carboxylic acids is 3. The highest BCUT2D eigenvalue weighted by Crippen LogP contribution is 2.55. The fraction of sp³-hybridized carbons (Fsp3) is 0.148. The molecule has 1 aliphatic carbocycles. The lowest BCUT2D eigenvalue weighted by atomic mass is 10.0. The largest absolute Gasteiger partial charge is 0.497 e. The summed E-state index contributed by atoms with van der Waals surface area (Å²) < 4.78 is 21.3. The van der Waals surface area contributed by atoms with Gasteiger partial charge in [0.2, 0.25) is 0 Å². The minimum atomic E-state index is -1.44. The fourth-order valence-electron chi connectivity index (χ4n) is 3.48. The molecule has 0 bridgehead atoms. The average Bonchev–Trinajstić information content (AvgIpc) is 3.62. The van der Waals surface area contributed by atoms with Crippen LogP contribution in [0.25, 0.3) is 0 Å². The normalized spacial score (nSPS) is 18.3. The van der Waals surface area contributed by atoms with Gasteiger partial charge in [-0.25, -0.2) is 4.79 Å². The van der Waals surface area contributed by atoms with Crippen molar-refractivity contribution >= 4 is 17.9 Å². The second-order valence-electron chi connectivity index (χ2n) is 7.70. The molecule has 0 amide bonds. The van der Waals surface area contributed by atoms with Gasteiger partial charge in [-0.3, -0.25) is 9.59 Å². The Labute approximate surface area is 196 Å². The fourth-order valence-corrected chi connectivity index (χ4v) is 3.48. The Kier molecular flexibility index (Phi) is 6.45. The number of hydrogen-bond donors (Lipinski definition) is 0. The molecular formula is C27H22O7. The third-order valence-electron chi connectivity index (χ3n) is 5.55. The molecule has 1 fully saturated rings. The van der Waals surface area contributed by atoms with Crippen molar-refractivity contribution in [1.82, 2.24) is 0 Å². The first kappa shape index (κ1) is 22.8. The zero-order valence-electron chi connectivity index (χ0n) is 18.4. The molecule has 0 spiro atoms. The van der Waals surface area contributed by atoms with Gasteiger partial charge in [0.25, 0.3) is 0 Å². The van der Waals surface area contributed by atoms with Gasteiger partial charge in [0, 0.05) is 5.92 Å². The first-order valence-electron chi connectivity index (χ1n) is 10.5. The van der Waals surface area contributed by atoms with Crippen molar-refractivity contribution in [3.05, 3.63) is 97.1 Å². The lowest BCUT2D eigenvalue weighted by molar-refractivity contribution is -0.154. The minimum absolute atomic E-state index is 0.188. The first-order chi connectivity index (χ1) is 16.5. The molecule has 0 radical (unpaired) electrons. The third-order valence-corrected chi connectivity index (χ3v) is 5.55. The molecule has 0 heterocycles. The summed E-state index contributed by atoms with van der Waals surface area (Å²) >= 11 is 0. The zero-order chi connectivity index (χ0) is 24.1. The quantitative estimate of drug-likeness (QED) is 0.211. The number of allylic oxidation sites excluding steroid dienone is 1. The Morgan fingerprint density at radius 1 is 0.765 bits per heavy atom. The number of rotatable bonds is 8. The molecule has 0 aromatic heterocycles. The van der Waals surface area contributed by atoms with Crippen LogP contribution in [0.3, 0.4) is 0 Å². The monoisotopic (exact) mass is 458 g/mol. The molecular weight excluding hydrogens is 436 g/mol. The van der Waals surface area contributed by atoms with Crippen molar-refractivity contribution in [2.45, 2.75) is 6.42 Å². The van der Waals surface area contributed by atoms with Gasteiger partial charge in [-0.15, -0.1) is 6.58 Å². The highest BCUT2D eigenvalue weighted by atomic mass is 16.6. The van der Waals surface area contributed by atoms with Gasteiger partial charge in [-0.05, 0) is 67.1 Å². The third kappa shape index (κ3) is 4.68. The maximum Gasteiger partial charge on any atom is 0.343 e. The number of methoxy groups -OCH3 is 1. The Morgan fingerprint density at radius 3 is 1.79 bits per heavy atom. The van der Waals surface area contributed by atoms with Crippen molar-refractivity contribution < 1.29 is 33.3 Å². The topological polar surface area (TPSA) is 88.1 Å². The second-order valence-corrected chi connectivity index (χ2v) is 7.70. The SMILES string of the molecule is C=CC1CC1(C(=O)Oc1ccccc1)C(=O)Oc1ccc(C(=O)Oc2ccc(OC)cc2)cc1. The minimum Gasteiger partial charge on any atom is -0.497 e. The smallest absolute Gasteiger partial charge is 0.343 e. The van der Waals surface area contributed by atoms with Crippen molar-refractivity contribution in [2.75, 3.05) is 7.11 Å². The van der Waals surface area contributed by atoms with Gasteiger partial charge in [0.15, 0.2) is 5.41 Å². The van der Waals surface area contributed by atoms with E-state index in [0.29, 0.717) is 17.2 Å². The number of para-hydroxylation sites is 1. The van der Waals surface area contributed by atoms with Crippen molar-refractivity contribution in [3.63, 3.8) is 0 Å². The molecule has 0 N–H and O–H groups in total. The van der Waals surface area contributed by atoms with Gasteiger partial charge in [-0.1, -0.05) is 24.3 Å². The summed E-state index contributed by atoms with van der Waals surface area (Å²) in [5, 5.41) is 0. The van der Waals surface area contributed by atoms with E-state index in [2.05, 4.69) is 6.58 Å². The van der Waals surface area contributed by atoms with E-state index in [1.54, 1.807) is 67.8 Å². The average molecular weight is 458 g/mol. The lowest BCUT2D eigenvalue weighted by Crippen LogP contribution is -2.35. The molecule has 2 unspecified atom stereocenters.